The summed E-state index contributed by atoms with van der Waals surface area (Å²) in [6.07, 6.45) is 1.36. The molecule has 3 rings (SSSR count). The molecule has 1 saturated heterocycles. The van der Waals surface area contributed by atoms with E-state index in [4.69, 9.17) is 4.74 Å². The zero-order chi connectivity index (χ0) is 17.6. The van der Waals surface area contributed by atoms with Crippen molar-refractivity contribution in [3.63, 3.8) is 0 Å². The van der Waals surface area contributed by atoms with Gasteiger partial charge in [0.2, 0.25) is 5.91 Å². The smallest absolute Gasteiger partial charge is 0.223 e. The molecule has 1 heterocycles. The largest absolute Gasteiger partial charge is 0.497 e. The van der Waals surface area contributed by atoms with Crippen molar-refractivity contribution in [2.45, 2.75) is 12.8 Å². The number of hydrogen-bond acceptors (Lipinski definition) is 3. The monoisotopic (exact) mass is 402 g/mol. The summed E-state index contributed by atoms with van der Waals surface area (Å²) in [5, 5.41) is 0. The van der Waals surface area contributed by atoms with Crippen molar-refractivity contribution in [3.05, 3.63) is 58.6 Å². The Bertz CT molecular complexity index is 710. The molecule has 0 N–H and O–H groups in total. The van der Waals surface area contributed by atoms with E-state index in [0.29, 0.717) is 6.42 Å². The van der Waals surface area contributed by atoms with Crippen molar-refractivity contribution >= 4 is 27.5 Å². The Hall–Kier alpha value is -2.01. The second-order valence-electron chi connectivity index (χ2n) is 6.20. The number of methoxy groups -OCH3 is 1. The van der Waals surface area contributed by atoms with Crippen LogP contribution < -0.4 is 9.64 Å². The van der Waals surface area contributed by atoms with Gasteiger partial charge in [0.15, 0.2) is 0 Å². The molecular weight excluding hydrogens is 380 g/mol. The Kier molecular flexibility index (Phi) is 5.97. The summed E-state index contributed by atoms with van der Waals surface area (Å²) in [5.74, 6) is 1.11. The van der Waals surface area contributed by atoms with Gasteiger partial charge in [0.1, 0.15) is 5.75 Å². The number of nitrogens with zero attached hydrogens (tertiary/aromatic N) is 2. The van der Waals surface area contributed by atoms with Crippen molar-refractivity contribution < 1.29 is 9.53 Å². The van der Waals surface area contributed by atoms with E-state index in [1.54, 1.807) is 7.11 Å². The number of amides is 1. The van der Waals surface area contributed by atoms with E-state index in [1.165, 1.54) is 11.3 Å². The molecule has 0 unspecified atom stereocenters. The van der Waals surface area contributed by atoms with Crippen molar-refractivity contribution in [1.82, 2.24) is 4.90 Å². The lowest BCUT2D eigenvalue weighted by Gasteiger charge is -2.36. The molecule has 0 saturated carbocycles. The first-order valence-electron chi connectivity index (χ1n) is 8.57. The first-order valence-corrected chi connectivity index (χ1v) is 9.36. The number of carbonyl (C=O) groups is 1. The molecule has 0 radical (unpaired) electrons. The van der Waals surface area contributed by atoms with Gasteiger partial charge in [0, 0.05) is 42.8 Å². The highest BCUT2D eigenvalue weighted by Crippen LogP contribution is 2.21. The average molecular weight is 403 g/mol. The fourth-order valence-corrected chi connectivity index (χ4v) is 3.56. The number of piperazine rings is 1. The Balaban J connectivity index is 1.48. The molecule has 5 heteroatoms. The lowest BCUT2D eigenvalue weighted by atomic mass is 10.1. The molecule has 1 fully saturated rings. The number of aryl methyl sites for hydroxylation is 1. The number of benzene rings is 2. The van der Waals surface area contributed by atoms with Crippen LogP contribution in [0, 0.1) is 0 Å². The zero-order valence-electron chi connectivity index (χ0n) is 14.5. The summed E-state index contributed by atoms with van der Waals surface area (Å²) >= 11 is 3.47. The maximum Gasteiger partial charge on any atom is 0.223 e. The van der Waals surface area contributed by atoms with Crippen molar-refractivity contribution in [2.75, 3.05) is 38.2 Å². The van der Waals surface area contributed by atoms with Gasteiger partial charge in [0.25, 0.3) is 0 Å². The van der Waals surface area contributed by atoms with Crippen LogP contribution in [0.1, 0.15) is 12.0 Å². The summed E-state index contributed by atoms with van der Waals surface area (Å²) < 4.78 is 6.26. The van der Waals surface area contributed by atoms with Gasteiger partial charge < -0.3 is 14.5 Å². The van der Waals surface area contributed by atoms with Gasteiger partial charge in [-0.3, -0.25) is 4.79 Å². The predicted molar refractivity (Wildman–Crippen MR) is 104 cm³/mol. The summed E-state index contributed by atoms with van der Waals surface area (Å²) in [7, 11) is 1.67. The first kappa shape index (κ1) is 17.8. The van der Waals surface area contributed by atoms with Crippen LogP contribution in [0.3, 0.4) is 0 Å². The van der Waals surface area contributed by atoms with Gasteiger partial charge in [-0.05, 0) is 48.4 Å². The van der Waals surface area contributed by atoms with Crippen LogP contribution in [-0.4, -0.2) is 44.1 Å². The molecule has 0 atom stereocenters. The van der Waals surface area contributed by atoms with Crippen LogP contribution in [0.5, 0.6) is 5.75 Å². The summed E-state index contributed by atoms with van der Waals surface area (Å²) in [5.41, 5.74) is 2.38. The van der Waals surface area contributed by atoms with E-state index in [-0.39, 0.29) is 5.91 Å². The third kappa shape index (κ3) is 4.75. The fraction of sp³-hybridized carbons (Fsp3) is 0.350. The highest BCUT2D eigenvalue weighted by molar-refractivity contribution is 9.10. The molecule has 0 aromatic heterocycles. The zero-order valence-corrected chi connectivity index (χ0v) is 16.0. The van der Waals surface area contributed by atoms with Gasteiger partial charge in [-0.1, -0.05) is 28.1 Å². The van der Waals surface area contributed by atoms with Crippen LogP contribution in [0.25, 0.3) is 0 Å². The fourth-order valence-electron chi connectivity index (χ4n) is 3.11. The first-order chi connectivity index (χ1) is 12.2. The van der Waals surface area contributed by atoms with Gasteiger partial charge in [-0.2, -0.15) is 0 Å². The van der Waals surface area contributed by atoms with E-state index < -0.39 is 0 Å². The number of anilines is 1. The quantitative estimate of drug-likeness (QED) is 0.763. The lowest BCUT2D eigenvalue weighted by Crippen LogP contribution is -2.48. The number of ether oxygens (including phenoxy) is 1. The third-order valence-electron chi connectivity index (χ3n) is 4.59. The third-order valence-corrected chi connectivity index (χ3v) is 5.08. The Labute approximate surface area is 157 Å². The van der Waals surface area contributed by atoms with Crippen molar-refractivity contribution in [3.8, 4) is 5.75 Å². The van der Waals surface area contributed by atoms with Gasteiger partial charge in [-0.25, -0.2) is 0 Å². The summed E-state index contributed by atoms with van der Waals surface area (Å²) in [6.45, 7) is 3.30. The molecule has 2 aromatic rings. The lowest BCUT2D eigenvalue weighted by molar-refractivity contribution is -0.131. The van der Waals surface area contributed by atoms with E-state index in [2.05, 4.69) is 45.1 Å². The molecule has 2 aromatic carbocycles. The number of carbonyl (C=O) groups excluding carboxylic acids is 1. The minimum Gasteiger partial charge on any atom is -0.497 e. The Morgan fingerprint density at radius 2 is 1.80 bits per heavy atom. The molecular formula is C20H23BrN2O2. The molecule has 0 bridgehead atoms. The molecule has 0 spiro atoms. The molecule has 4 nitrogen and oxygen atoms in total. The predicted octanol–water partition coefficient (Wildman–Crippen LogP) is 3.74. The van der Waals surface area contributed by atoms with Crippen LogP contribution in [0.4, 0.5) is 5.69 Å². The van der Waals surface area contributed by atoms with Crippen LogP contribution in [0.2, 0.25) is 0 Å². The van der Waals surface area contributed by atoms with E-state index >= 15 is 0 Å². The molecule has 1 aliphatic rings. The standard InChI is InChI=1S/C20H23BrN2O2/c1-25-19-8-6-18(7-9-19)22-11-13-23(14-12-22)20(24)10-5-16-3-2-4-17(21)15-16/h2-4,6-9,15H,5,10-14H2,1H3. The van der Waals surface area contributed by atoms with Crippen LogP contribution >= 0.6 is 15.9 Å². The highest BCUT2D eigenvalue weighted by Gasteiger charge is 2.21. The number of rotatable bonds is 5. The SMILES string of the molecule is COc1ccc(N2CCN(C(=O)CCc3cccc(Br)c3)CC2)cc1. The van der Waals surface area contributed by atoms with Crippen molar-refractivity contribution in [2.24, 2.45) is 0 Å². The normalized spacial score (nSPS) is 14.5. The highest BCUT2D eigenvalue weighted by atomic mass is 79.9. The maximum absolute atomic E-state index is 12.5. The number of hydrogen-bond donors (Lipinski definition) is 0. The number of halogens is 1. The summed E-state index contributed by atoms with van der Waals surface area (Å²) in [4.78, 5) is 16.8. The second kappa shape index (κ2) is 8.39. The minimum atomic E-state index is 0.245. The van der Waals surface area contributed by atoms with Gasteiger partial charge >= 0.3 is 0 Å². The molecule has 1 aliphatic heterocycles. The second-order valence-corrected chi connectivity index (χ2v) is 7.11. The van der Waals surface area contributed by atoms with Gasteiger partial charge in [-0.15, -0.1) is 0 Å². The Morgan fingerprint density at radius 3 is 2.44 bits per heavy atom. The van der Waals surface area contributed by atoms with Crippen LogP contribution in [0.15, 0.2) is 53.0 Å². The van der Waals surface area contributed by atoms with E-state index in [0.717, 1.165) is 42.8 Å². The topological polar surface area (TPSA) is 32.8 Å². The molecule has 1 amide bonds. The van der Waals surface area contributed by atoms with E-state index in [9.17, 15) is 4.79 Å². The summed E-state index contributed by atoms with van der Waals surface area (Å²) in [6, 6.07) is 16.3. The maximum atomic E-state index is 12.5. The van der Waals surface area contributed by atoms with Crippen molar-refractivity contribution in [1.29, 1.82) is 0 Å². The van der Waals surface area contributed by atoms with E-state index in [1.807, 2.05) is 29.2 Å². The van der Waals surface area contributed by atoms with Gasteiger partial charge in [0.05, 0.1) is 7.11 Å². The molecule has 25 heavy (non-hydrogen) atoms. The molecule has 132 valence electrons. The Morgan fingerprint density at radius 1 is 1.08 bits per heavy atom. The average Bonchev–Trinajstić information content (AvgIpc) is 2.66. The van der Waals surface area contributed by atoms with Crippen LogP contribution in [-0.2, 0) is 11.2 Å². The molecule has 0 aliphatic carbocycles. The minimum absolute atomic E-state index is 0.245.